The van der Waals surface area contributed by atoms with Crippen LogP contribution in [0.1, 0.15) is 37.8 Å². The maximum Gasteiger partial charge on any atom is 0.227 e. The number of piperazine rings is 1. The molecule has 1 N–H and O–H groups in total. The van der Waals surface area contributed by atoms with Gasteiger partial charge < -0.3 is 10.2 Å². The summed E-state index contributed by atoms with van der Waals surface area (Å²) in [5, 5.41) is 3.09. The molecule has 0 aromatic heterocycles. The van der Waals surface area contributed by atoms with Crippen LogP contribution in [-0.2, 0) is 11.2 Å². The Morgan fingerprint density at radius 3 is 2.24 bits per heavy atom. The van der Waals surface area contributed by atoms with Crippen molar-refractivity contribution in [1.29, 1.82) is 0 Å². The van der Waals surface area contributed by atoms with Crippen LogP contribution < -0.4 is 5.32 Å². The van der Waals surface area contributed by atoms with Gasteiger partial charge in [-0.2, -0.15) is 0 Å². The van der Waals surface area contributed by atoms with Gasteiger partial charge in [0.05, 0.1) is 5.92 Å². The van der Waals surface area contributed by atoms with Crippen LogP contribution in [-0.4, -0.2) is 62.0 Å². The molecule has 1 amide bonds. The molecule has 2 rings (SSSR count). The molecule has 1 heterocycles. The second kappa shape index (κ2) is 10.8. The Bertz CT molecular complexity index is 510. The average Bonchev–Trinajstić information content (AvgIpc) is 2.56. The third-order valence-electron chi connectivity index (χ3n) is 4.84. The lowest BCUT2D eigenvalue weighted by atomic mass is 9.96. The van der Waals surface area contributed by atoms with Crippen molar-refractivity contribution >= 4 is 18.3 Å². The first kappa shape index (κ1) is 21.9. The predicted octanol–water partition coefficient (Wildman–Crippen LogP) is 2.77. The fourth-order valence-corrected chi connectivity index (χ4v) is 3.13. The van der Waals surface area contributed by atoms with Gasteiger partial charge in [0.15, 0.2) is 0 Å². The number of benzene rings is 1. The summed E-state index contributed by atoms with van der Waals surface area (Å²) in [6, 6.07) is 8.51. The molecule has 1 atom stereocenters. The average molecular weight is 368 g/mol. The summed E-state index contributed by atoms with van der Waals surface area (Å²) in [5.74, 6) is 0.692. The van der Waals surface area contributed by atoms with Crippen molar-refractivity contribution in [2.75, 3.05) is 46.3 Å². The molecule has 0 bridgehead atoms. The molecule has 1 saturated heterocycles. The van der Waals surface area contributed by atoms with Crippen molar-refractivity contribution in [3.63, 3.8) is 0 Å². The van der Waals surface area contributed by atoms with Crippen LogP contribution in [0, 0.1) is 5.92 Å². The molecular formula is C20H34ClN3O. The molecule has 0 saturated carbocycles. The van der Waals surface area contributed by atoms with E-state index < -0.39 is 0 Å². The maximum atomic E-state index is 12.4. The van der Waals surface area contributed by atoms with Gasteiger partial charge in [0.1, 0.15) is 0 Å². The highest BCUT2D eigenvalue weighted by Crippen LogP contribution is 2.17. The summed E-state index contributed by atoms with van der Waals surface area (Å²) in [5.41, 5.74) is 2.44. The molecular weight excluding hydrogens is 334 g/mol. The van der Waals surface area contributed by atoms with Crippen molar-refractivity contribution in [3.05, 3.63) is 35.4 Å². The van der Waals surface area contributed by atoms with Gasteiger partial charge in [0.25, 0.3) is 0 Å². The number of hydrogen-bond acceptors (Lipinski definition) is 3. The Balaban J connectivity index is 0.00000312. The zero-order valence-corrected chi connectivity index (χ0v) is 16.9. The van der Waals surface area contributed by atoms with Crippen molar-refractivity contribution in [3.8, 4) is 0 Å². The zero-order chi connectivity index (χ0) is 17.5. The van der Waals surface area contributed by atoms with E-state index in [1.165, 1.54) is 5.56 Å². The lowest BCUT2D eigenvalue weighted by Gasteiger charge is -2.32. The minimum absolute atomic E-state index is 0. The van der Waals surface area contributed by atoms with Gasteiger partial charge in [-0.15, -0.1) is 12.4 Å². The van der Waals surface area contributed by atoms with Crippen molar-refractivity contribution < 1.29 is 4.79 Å². The molecule has 142 valence electrons. The standard InChI is InChI=1S/C20H33N3O.ClH/c1-16(2)15-18-5-7-19(8-6-18)17(3)20(24)21-9-10-23-13-11-22(4)12-14-23;/h5-8,16-17H,9-15H2,1-4H3,(H,21,24);1H. The fraction of sp³-hybridized carbons (Fsp3) is 0.650. The summed E-state index contributed by atoms with van der Waals surface area (Å²) < 4.78 is 0. The molecule has 1 aliphatic heterocycles. The summed E-state index contributed by atoms with van der Waals surface area (Å²) in [7, 11) is 2.16. The normalized spacial score (nSPS) is 17.2. The minimum atomic E-state index is -0.0920. The van der Waals surface area contributed by atoms with Gasteiger partial charge in [0, 0.05) is 39.3 Å². The van der Waals surface area contributed by atoms with E-state index in [2.05, 4.69) is 60.3 Å². The number of carbonyl (C=O) groups excluding carboxylic acids is 1. The minimum Gasteiger partial charge on any atom is -0.354 e. The van der Waals surface area contributed by atoms with Crippen LogP contribution in [0.15, 0.2) is 24.3 Å². The van der Waals surface area contributed by atoms with E-state index in [1.807, 2.05) is 6.92 Å². The molecule has 1 aromatic carbocycles. The Morgan fingerprint density at radius 1 is 1.08 bits per heavy atom. The van der Waals surface area contributed by atoms with Gasteiger partial charge in [0.2, 0.25) is 5.91 Å². The topological polar surface area (TPSA) is 35.6 Å². The second-order valence-electron chi connectivity index (χ2n) is 7.50. The van der Waals surface area contributed by atoms with E-state index in [0.717, 1.165) is 51.3 Å². The number of nitrogens with one attached hydrogen (secondary N) is 1. The number of nitrogens with zero attached hydrogens (tertiary/aromatic N) is 2. The highest BCUT2D eigenvalue weighted by Gasteiger charge is 2.16. The Morgan fingerprint density at radius 2 is 1.68 bits per heavy atom. The predicted molar refractivity (Wildman–Crippen MR) is 108 cm³/mol. The number of hydrogen-bond donors (Lipinski definition) is 1. The first-order valence-corrected chi connectivity index (χ1v) is 9.23. The van der Waals surface area contributed by atoms with Gasteiger partial charge in [-0.05, 0) is 37.4 Å². The lowest BCUT2D eigenvalue weighted by molar-refractivity contribution is -0.122. The van der Waals surface area contributed by atoms with E-state index >= 15 is 0 Å². The van der Waals surface area contributed by atoms with Crippen molar-refractivity contribution in [2.45, 2.75) is 33.1 Å². The van der Waals surface area contributed by atoms with E-state index in [9.17, 15) is 4.79 Å². The highest BCUT2D eigenvalue weighted by atomic mass is 35.5. The highest BCUT2D eigenvalue weighted by molar-refractivity contribution is 5.85. The fourth-order valence-electron chi connectivity index (χ4n) is 3.13. The summed E-state index contributed by atoms with van der Waals surface area (Å²) in [6.45, 7) is 12.5. The smallest absolute Gasteiger partial charge is 0.227 e. The maximum absolute atomic E-state index is 12.4. The number of likely N-dealkylation sites (N-methyl/N-ethyl adjacent to an activating group) is 1. The van der Waals surface area contributed by atoms with Crippen LogP contribution in [0.3, 0.4) is 0 Å². The summed E-state index contributed by atoms with van der Waals surface area (Å²) in [4.78, 5) is 17.1. The van der Waals surface area contributed by atoms with Crippen LogP contribution >= 0.6 is 12.4 Å². The quantitative estimate of drug-likeness (QED) is 0.804. The number of amides is 1. The van der Waals surface area contributed by atoms with Crippen molar-refractivity contribution in [2.24, 2.45) is 5.92 Å². The second-order valence-corrected chi connectivity index (χ2v) is 7.50. The molecule has 0 radical (unpaired) electrons. The van der Waals surface area contributed by atoms with Gasteiger partial charge in [-0.1, -0.05) is 38.1 Å². The molecule has 1 unspecified atom stereocenters. The first-order valence-electron chi connectivity index (χ1n) is 9.23. The number of carbonyl (C=O) groups is 1. The largest absolute Gasteiger partial charge is 0.354 e. The number of halogens is 1. The van der Waals surface area contributed by atoms with Gasteiger partial charge >= 0.3 is 0 Å². The monoisotopic (exact) mass is 367 g/mol. The summed E-state index contributed by atoms with van der Waals surface area (Å²) in [6.07, 6.45) is 1.09. The number of rotatable bonds is 7. The molecule has 4 nitrogen and oxygen atoms in total. The zero-order valence-electron chi connectivity index (χ0n) is 16.1. The molecule has 0 aliphatic carbocycles. The van der Waals surface area contributed by atoms with Crippen LogP contribution in [0.5, 0.6) is 0 Å². The molecule has 5 heteroatoms. The van der Waals surface area contributed by atoms with Crippen LogP contribution in [0.25, 0.3) is 0 Å². The van der Waals surface area contributed by atoms with E-state index in [4.69, 9.17) is 0 Å². The van der Waals surface area contributed by atoms with Crippen LogP contribution in [0.2, 0.25) is 0 Å². The van der Waals surface area contributed by atoms with E-state index in [-0.39, 0.29) is 24.2 Å². The van der Waals surface area contributed by atoms with Crippen LogP contribution in [0.4, 0.5) is 0 Å². The molecule has 1 fully saturated rings. The molecule has 1 aromatic rings. The van der Waals surface area contributed by atoms with Crippen molar-refractivity contribution in [1.82, 2.24) is 15.1 Å². The Labute approximate surface area is 159 Å². The molecule has 25 heavy (non-hydrogen) atoms. The molecule has 0 spiro atoms. The Hall–Kier alpha value is -1.10. The van der Waals surface area contributed by atoms with Gasteiger partial charge in [-0.3, -0.25) is 9.69 Å². The lowest BCUT2D eigenvalue weighted by Crippen LogP contribution is -2.47. The van der Waals surface area contributed by atoms with Gasteiger partial charge in [-0.25, -0.2) is 0 Å². The third kappa shape index (κ3) is 7.35. The van der Waals surface area contributed by atoms with E-state index in [1.54, 1.807) is 0 Å². The molecule has 1 aliphatic rings. The first-order chi connectivity index (χ1) is 11.5. The Kier molecular flexibility index (Phi) is 9.47. The summed E-state index contributed by atoms with van der Waals surface area (Å²) >= 11 is 0. The SMILES string of the molecule is CC(C)Cc1ccc(C(C)C(=O)NCCN2CCN(C)CC2)cc1.Cl. The third-order valence-corrected chi connectivity index (χ3v) is 4.84. The van der Waals surface area contributed by atoms with E-state index in [0.29, 0.717) is 5.92 Å².